The van der Waals surface area contributed by atoms with E-state index < -0.39 is 45.7 Å². The molecule has 2 spiro atoms. The highest BCUT2D eigenvalue weighted by Crippen LogP contribution is 2.68. The number of carbonyl (C=O) groups is 3. The first-order chi connectivity index (χ1) is 20.1. The maximum Gasteiger partial charge on any atom is 0.312 e. The van der Waals surface area contributed by atoms with Gasteiger partial charge in [0, 0.05) is 22.2 Å². The first-order valence-electron chi connectivity index (χ1n) is 15.0. The van der Waals surface area contributed by atoms with Crippen LogP contribution in [0.2, 0.25) is 10.0 Å². The van der Waals surface area contributed by atoms with E-state index in [0.717, 1.165) is 19.3 Å². The van der Waals surface area contributed by atoms with Crippen molar-refractivity contribution in [3.63, 3.8) is 0 Å². The number of rotatable bonds is 5. The molecule has 3 N–H and O–H groups in total. The molecule has 1 saturated heterocycles. The second-order valence-electron chi connectivity index (χ2n) is 12.9. The van der Waals surface area contributed by atoms with Gasteiger partial charge >= 0.3 is 5.97 Å². The van der Waals surface area contributed by atoms with Gasteiger partial charge in [0.05, 0.1) is 22.0 Å². The molecule has 0 bridgehead atoms. The minimum Gasteiger partial charge on any atom is -0.481 e. The van der Waals surface area contributed by atoms with Crippen molar-refractivity contribution in [2.75, 3.05) is 11.9 Å². The Labute approximate surface area is 254 Å². The van der Waals surface area contributed by atoms with Crippen molar-refractivity contribution in [2.24, 2.45) is 5.41 Å². The summed E-state index contributed by atoms with van der Waals surface area (Å²) >= 11 is 12.7. The zero-order chi connectivity index (χ0) is 29.7. The number of likely N-dealkylation sites (N-methyl/N-ethyl adjacent to an activating group) is 1. The van der Waals surface area contributed by atoms with E-state index in [1.165, 1.54) is 6.07 Å². The number of carboxylic acid groups (broad SMARTS) is 1. The molecular weight excluding hydrogens is 580 g/mol. The Morgan fingerprint density at radius 1 is 1.07 bits per heavy atom. The lowest BCUT2D eigenvalue weighted by atomic mass is 9.42. The van der Waals surface area contributed by atoms with Gasteiger partial charge in [-0.05, 0) is 74.4 Å². The molecule has 5 aliphatic rings. The van der Waals surface area contributed by atoms with E-state index in [1.807, 2.05) is 13.0 Å². The number of carbonyl (C=O) groups excluding carboxylic acids is 2. The van der Waals surface area contributed by atoms with Gasteiger partial charge in [0.25, 0.3) is 0 Å². The van der Waals surface area contributed by atoms with Crippen LogP contribution in [0.1, 0.15) is 81.8 Å². The monoisotopic (exact) mass is 613 g/mol. The quantitative estimate of drug-likeness (QED) is 0.383. The minimum absolute atomic E-state index is 0.0781. The number of anilines is 1. The first kappa shape index (κ1) is 28.1. The van der Waals surface area contributed by atoms with Crippen LogP contribution in [0, 0.1) is 11.2 Å². The minimum atomic E-state index is -1.31. The Morgan fingerprint density at radius 2 is 1.79 bits per heavy atom. The highest BCUT2D eigenvalue weighted by Gasteiger charge is 2.76. The van der Waals surface area contributed by atoms with Gasteiger partial charge in [-0.25, -0.2) is 4.39 Å². The van der Waals surface area contributed by atoms with Crippen molar-refractivity contribution in [1.82, 2.24) is 10.2 Å². The molecule has 2 aromatic rings. The van der Waals surface area contributed by atoms with Crippen molar-refractivity contribution in [1.29, 1.82) is 0 Å². The molecule has 222 valence electrons. The van der Waals surface area contributed by atoms with Gasteiger partial charge in [-0.15, -0.1) is 0 Å². The van der Waals surface area contributed by atoms with E-state index in [0.29, 0.717) is 61.3 Å². The van der Waals surface area contributed by atoms with Crippen molar-refractivity contribution >= 4 is 46.7 Å². The van der Waals surface area contributed by atoms with E-state index in [1.54, 1.807) is 24.3 Å². The summed E-state index contributed by atoms with van der Waals surface area (Å²) in [4.78, 5) is 43.8. The van der Waals surface area contributed by atoms with Crippen molar-refractivity contribution < 1.29 is 23.9 Å². The summed E-state index contributed by atoms with van der Waals surface area (Å²) in [5.41, 5.74) is -2.39. The summed E-state index contributed by atoms with van der Waals surface area (Å²) in [6, 6.07) is 9.15. The van der Waals surface area contributed by atoms with Gasteiger partial charge in [0.2, 0.25) is 11.8 Å². The van der Waals surface area contributed by atoms with Gasteiger partial charge in [-0.2, -0.15) is 0 Å². The Balaban J connectivity index is 1.48. The Bertz CT molecular complexity index is 1520. The summed E-state index contributed by atoms with van der Waals surface area (Å²) in [6.07, 6.45) is 6.23. The van der Waals surface area contributed by atoms with Gasteiger partial charge in [-0.1, -0.05) is 67.6 Å². The number of nitrogens with one attached hydrogen (secondary N) is 2. The number of halogens is 3. The molecule has 3 atom stereocenters. The molecule has 2 aliphatic heterocycles. The SMILES string of the molecule is CCN1[C@@H](C(=O)NC23CCC2(C(=O)O)CC3)[C@H](c2cccc(Cl)c2F)[C@]2(C(=O)Nc3cc(Cl)ccc32)C12CCCCC2. The highest BCUT2D eigenvalue weighted by molar-refractivity contribution is 6.31. The molecular formula is C32H34Cl2FN3O4. The third-order valence-corrected chi connectivity index (χ3v) is 12.2. The topological polar surface area (TPSA) is 98.7 Å². The molecule has 3 aliphatic carbocycles. The van der Waals surface area contributed by atoms with Gasteiger partial charge in [-0.3, -0.25) is 19.3 Å². The van der Waals surface area contributed by atoms with Crippen LogP contribution in [0.4, 0.5) is 10.1 Å². The van der Waals surface area contributed by atoms with Crippen molar-refractivity contribution in [3.05, 3.63) is 63.4 Å². The number of nitrogens with zero attached hydrogens (tertiary/aromatic N) is 1. The molecule has 7 nitrogen and oxygen atoms in total. The third kappa shape index (κ3) is 3.24. The molecule has 2 heterocycles. The standard InChI is InChI=1S/C32H34Cl2FN3O4/c1-2-38-25(26(39)37-30-15-13-29(30,14-16-30)28(41)42)23(19-7-6-8-21(34)24(19)35)32(31(38)11-4-3-5-12-31)20-10-9-18(33)17-22(20)36-27(32)40/h6-10,17,23,25H,2-5,11-16H2,1H3,(H,36,40)(H,37,39)(H,41,42)/t23-,25+,29?,30?,32+/m0/s1. The number of benzene rings is 2. The zero-order valence-corrected chi connectivity index (χ0v) is 25.0. The van der Waals surface area contributed by atoms with E-state index in [-0.39, 0.29) is 22.4 Å². The molecule has 7 rings (SSSR count). The Kier molecular flexibility index (Phi) is 6.30. The largest absolute Gasteiger partial charge is 0.481 e. The smallest absolute Gasteiger partial charge is 0.312 e. The lowest BCUT2D eigenvalue weighted by Gasteiger charge is -2.65. The van der Waals surface area contributed by atoms with E-state index >= 15 is 4.39 Å². The molecule has 2 aromatic carbocycles. The van der Waals surface area contributed by atoms with Crippen LogP contribution >= 0.6 is 23.2 Å². The van der Waals surface area contributed by atoms with Crippen LogP contribution in [-0.2, 0) is 19.8 Å². The highest BCUT2D eigenvalue weighted by atomic mass is 35.5. The van der Waals surface area contributed by atoms with Crippen LogP contribution in [-0.4, -0.2) is 51.5 Å². The Hall–Kier alpha value is -2.68. The molecule has 2 amide bonds. The van der Waals surface area contributed by atoms with Crippen LogP contribution in [0.15, 0.2) is 36.4 Å². The van der Waals surface area contributed by atoms with Crippen LogP contribution in [0.25, 0.3) is 0 Å². The number of fused-ring (bicyclic) bond motifs is 4. The fourth-order valence-corrected chi connectivity index (χ4v) is 10.1. The molecule has 3 saturated carbocycles. The summed E-state index contributed by atoms with van der Waals surface area (Å²) in [5, 5.41) is 16.8. The summed E-state index contributed by atoms with van der Waals surface area (Å²) in [7, 11) is 0. The van der Waals surface area contributed by atoms with Gasteiger partial charge in [0.15, 0.2) is 0 Å². The average Bonchev–Trinajstić information content (AvgIpc) is 3.38. The summed E-state index contributed by atoms with van der Waals surface area (Å²) in [6.45, 7) is 2.43. The van der Waals surface area contributed by atoms with E-state index in [2.05, 4.69) is 15.5 Å². The number of hydrogen-bond donors (Lipinski definition) is 3. The van der Waals surface area contributed by atoms with Gasteiger partial charge in [0.1, 0.15) is 11.2 Å². The molecule has 0 radical (unpaired) electrons. The zero-order valence-electron chi connectivity index (χ0n) is 23.4. The van der Waals surface area contributed by atoms with E-state index in [9.17, 15) is 19.5 Å². The number of aliphatic carboxylic acids is 1. The predicted molar refractivity (Wildman–Crippen MR) is 157 cm³/mol. The third-order valence-electron chi connectivity index (χ3n) is 11.7. The molecule has 42 heavy (non-hydrogen) atoms. The number of amides is 2. The molecule has 10 heteroatoms. The lowest BCUT2D eigenvalue weighted by Crippen LogP contribution is -2.77. The fraction of sp³-hybridized carbons (Fsp3) is 0.531. The number of hydrogen-bond acceptors (Lipinski definition) is 4. The van der Waals surface area contributed by atoms with E-state index in [4.69, 9.17) is 23.2 Å². The normalized spacial score (nSPS) is 34.3. The Morgan fingerprint density at radius 3 is 2.40 bits per heavy atom. The maximum atomic E-state index is 16.2. The average molecular weight is 615 g/mol. The molecule has 4 fully saturated rings. The van der Waals surface area contributed by atoms with Gasteiger partial charge < -0.3 is 15.7 Å². The molecule has 0 unspecified atom stereocenters. The maximum absolute atomic E-state index is 16.2. The van der Waals surface area contributed by atoms with Crippen LogP contribution < -0.4 is 10.6 Å². The predicted octanol–water partition coefficient (Wildman–Crippen LogP) is 6.03. The van der Waals surface area contributed by atoms with Crippen LogP contribution in [0.3, 0.4) is 0 Å². The van der Waals surface area contributed by atoms with Crippen LogP contribution in [0.5, 0.6) is 0 Å². The van der Waals surface area contributed by atoms with Crippen molar-refractivity contribution in [3.8, 4) is 0 Å². The molecule has 0 aromatic heterocycles. The summed E-state index contributed by atoms with van der Waals surface area (Å²) in [5.74, 6) is -3.09. The number of carboxylic acids is 1. The van der Waals surface area contributed by atoms with Crippen molar-refractivity contribution in [2.45, 2.75) is 93.2 Å². The number of likely N-dealkylation sites (tertiary alicyclic amines) is 1. The first-order valence-corrected chi connectivity index (χ1v) is 15.7. The fourth-order valence-electron chi connectivity index (χ4n) is 9.73. The summed E-state index contributed by atoms with van der Waals surface area (Å²) < 4.78 is 16.2. The lowest BCUT2D eigenvalue weighted by molar-refractivity contribution is -0.190. The second kappa shape index (κ2) is 9.41. The second-order valence-corrected chi connectivity index (χ2v) is 13.7.